The maximum absolute atomic E-state index is 13.2. The normalized spacial score (nSPS) is 15.3. The molecule has 0 bridgehead atoms. The maximum atomic E-state index is 13.2. The summed E-state index contributed by atoms with van der Waals surface area (Å²) in [4.78, 5) is 13.0. The molecule has 1 aromatic heterocycles. The van der Waals surface area contributed by atoms with E-state index in [1.54, 1.807) is 31.2 Å². The predicted molar refractivity (Wildman–Crippen MR) is 127 cm³/mol. The molecule has 0 saturated carbocycles. The summed E-state index contributed by atoms with van der Waals surface area (Å²) in [6.07, 6.45) is 3.78. The van der Waals surface area contributed by atoms with Crippen LogP contribution < -0.4 is 5.32 Å². The lowest BCUT2D eigenvalue weighted by atomic mass is 10.1. The monoisotopic (exact) mass is 490 g/mol. The molecule has 7 nitrogen and oxygen atoms in total. The van der Waals surface area contributed by atoms with E-state index in [0.29, 0.717) is 33.8 Å². The highest BCUT2D eigenvalue weighted by Crippen LogP contribution is 2.28. The van der Waals surface area contributed by atoms with Crippen LogP contribution in [0.2, 0.25) is 5.02 Å². The van der Waals surface area contributed by atoms with Crippen LogP contribution in [0.5, 0.6) is 0 Å². The van der Waals surface area contributed by atoms with Gasteiger partial charge >= 0.3 is 0 Å². The average Bonchev–Trinajstić information content (AvgIpc) is 3.05. The predicted octanol–water partition coefficient (Wildman–Crippen LogP) is 4.98. The van der Waals surface area contributed by atoms with Gasteiger partial charge < -0.3 is 0 Å². The molecule has 3 aromatic rings. The van der Waals surface area contributed by atoms with Crippen LogP contribution in [0.25, 0.3) is 10.6 Å². The minimum atomic E-state index is -3.66. The van der Waals surface area contributed by atoms with Crippen molar-refractivity contribution in [2.75, 3.05) is 18.4 Å². The number of amides is 1. The topological polar surface area (TPSA) is 92.3 Å². The fraction of sp³-hybridized carbons (Fsp3) is 0.318. The Morgan fingerprint density at radius 1 is 1.03 bits per heavy atom. The van der Waals surface area contributed by atoms with Crippen molar-refractivity contribution in [2.24, 2.45) is 0 Å². The molecule has 168 valence electrons. The Morgan fingerprint density at radius 2 is 1.72 bits per heavy atom. The molecule has 10 heteroatoms. The van der Waals surface area contributed by atoms with Crippen molar-refractivity contribution < 1.29 is 13.2 Å². The number of benzene rings is 2. The summed E-state index contributed by atoms with van der Waals surface area (Å²) in [7, 11) is -3.66. The highest BCUT2D eigenvalue weighted by atomic mass is 35.5. The van der Waals surface area contributed by atoms with E-state index in [0.717, 1.165) is 31.2 Å². The minimum absolute atomic E-state index is 0.172. The van der Waals surface area contributed by atoms with Gasteiger partial charge in [-0.3, -0.25) is 10.1 Å². The molecule has 0 radical (unpaired) electrons. The zero-order chi connectivity index (χ0) is 22.7. The summed E-state index contributed by atoms with van der Waals surface area (Å²) < 4.78 is 28.0. The number of aryl methyl sites for hydroxylation is 1. The van der Waals surface area contributed by atoms with Crippen LogP contribution in [0, 0.1) is 6.92 Å². The Kier molecular flexibility index (Phi) is 6.90. The van der Waals surface area contributed by atoms with Crippen LogP contribution in [0.1, 0.15) is 41.6 Å². The van der Waals surface area contributed by atoms with E-state index in [1.165, 1.54) is 21.7 Å². The molecule has 1 fully saturated rings. The number of nitrogens with one attached hydrogen (secondary N) is 1. The zero-order valence-corrected chi connectivity index (χ0v) is 19.9. The van der Waals surface area contributed by atoms with Gasteiger partial charge in [-0.15, -0.1) is 10.2 Å². The highest BCUT2D eigenvalue weighted by molar-refractivity contribution is 7.89. The standard InChI is InChI=1S/C22H23ClN4O3S2/c1-15-6-7-17(14-19(15)32(29,30)27-12-4-2-3-5-13-27)20(28)24-22-26-25-21(31-22)16-8-10-18(23)11-9-16/h6-11,14H,2-5,12-13H2,1H3,(H,24,26,28). The maximum Gasteiger partial charge on any atom is 0.257 e. The number of nitrogens with zero attached hydrogens (tertiary/aromatic N) is 3. The molecule has 1 saturated heterocycles. The van der Waals surface area contributed by atoms with Gasteiger partial charge in [-0.1, -0.05) is 54.0 Å². The third-order valence-corrected chi connectivity index (χ3v) is 8.55. The Hall–Kier alpha value is -2.33. The van der Waals surface area contributed by atoms with Gasteiger partial charge in [-0.25, -0.2) is 8.42 Å². The fourth-order valence-corrected chi connectivity index (χ4v) is 6.23. The van der Waals surface area contributed by atoms with E-state index in [2.05, 4.69) is 15.5 Å². The van der Waals surface area contributed by atoms with Crippen molar-refractivity contribution in [1.29, 1.82) is 0 Å². The molecule has 4 rings (SSSR count). The van der Waals surface area contributed by atoms with Gasteiger partial charge in [0.2, 0.25) is 15.2 Å². The first-order chi connectivity index (χ1) is 15.3. The minimum Gasteiger partial charge on any atom is -0.296 e. The summed E-state index contributed by atoms with van der Waals surface area (Å²) >= 11 is 7.15. The summed E-state index contributed by atoms with van der Waals surface area (Å²) in [6, 6.07) is 11.9. The van der Waals surface area contributed by atoms with Crippen LogP contribution in [0.4, 0.5) is 5.13 Å². The van der Waals surface area contributed by atoms with Crippen molar-refractivity contribution in [3.05, 3.63) is 58.6 Å². The molecule has 0 unspecified atom stereocenters. The second-order valence-corrected chi connectivity index (χ2v) is 11.0. The molecule has 1 aliphatic heterocycles. The number of carbonyl (C=O) groups is 1. The van der Waals surface area contributed by atoms with Crippen LogP contribution in [0.15, 0.2) is 47.4 Å². The number of aromatic nitrogens is 2. The van der Waals surface area contributed by atoms with Crippen molar-refractivity contribution in [1.82, 2.24) is 14.5 Å². The van der Waals surface area contributed by atoms with Gasteiger partial charge in [0.1, 0.15) is 5.01 Å². The van der Waals surface area contributed by atoms with E-state index in [-0.39, 0.29) is 10.5 Å². The van der Waals surface area contributed by atoms with Gasteiger partial charge in [0, 0.05) is 29.2 Å². The third kappa shape index (κ3) is 5.01. The molecule has 0 aliphatic carbocycles. The van der Waals surface area contributed by atoms with Crippen molar-refractivity contribution >= 4 is 44.0 Å². The summed E-state index contributed by atoms with van der Waals surface area (Å²) in [5, 5.41) is 12.5. The average molecular weight is 491 g/mol. The van der Waals surface area contributed by atoms with Gasteiger partial charge in [-0.2, -0.15) is 4.31 Å². The number of rotatable bonds is 5. The fourth-order valence-electron chi connectivity index (χ4n) is 3.59. The lowest BCUT2D eigenvalue weighted by Crippen LogP contribution is -2.32. The van der Waals surface area contributed by atoms with Gasteiger partial charge in [0.15, 0.2) is 0 Å². The largest absolute Gasteiger partial charge is 0.296 e. The molecule has 2 heterocycles. The Bertz CT molecular complexity index is 1220. The number of sulfonamides is 1. The second-order valence-electron chi connectivity index (χ2n) is 7.67. The molecule has 1 N–H and O–H groups in total. The highest BCUT2D eigenvalue weighted by Gasteiger charge is 2.27. The smallest absolute Gasteiger partial charge is 0.257 e. The SMILES string of the molecule is Cc1ccc(C(=O)Nc2nnc(-c3ccc(Cl)cc3)s2)cc1S(=O)(=O)N1CCCCCC1. The number of hydrogen-bond acceptors (Lipinski definition) is 6. The van der Waals surface area contributed by atoms with E-state index in [1.807, 2.05) is 12.1 Å². The lowest BCUT2D eigenvalue weighted by Gasteiger charge is -2.21. The second kappa shape index (κ2) is 9.66. The van der Waals surface area contributed by atoms with Gasteiger partial charge in [-0.05, 0) is 49.6 Å². The Morgan fingerprint density at radius 3 is 2.41 bits per heavy atom. The molecular weight excluding hydrogens is 468 g/mol. The quantitative estimate of drug-likeness (QED) is 0.544. The third-order valence-electron chi connectivity index (χ3n) is 5.37. The molecular formula is C22H23ClN4O3S2. The van der Waals surface area contributed by atoms with Crippen molar-refractivity contribution in [2.45, 2.75) is 37.5 Å². The van der Waals surface area contributed by atoms with Crippen molar-refractivity contribution in [3.63, 3.8) is 0 Å². The first-order valence-electron chi connectivity index (χ1n) is 10.4. The number of hydrogen-bond donors (Lipinski definition) is 1. The molecule has 32 heavy (non-hydrogen) atoms. The van der Waals surface area contributed by atoms with E-state index in [9.17, 15) is 13.2 Å². The lowest BCUT2D eigenvalue weighted by molar-refractivity contribution is 0.102. The van der Waals surface area contributed by atoms with Crippen molar-refractivity contribution in [3.8, 4) is 10.6 Å². The molecule has 0 atom stereocenters. The van der Waals surface area contributed by atoms with Gasteiger partial charge in [0.05, 0.1) is 4.90 Å². The number of halogens is 1. The first kappa shape index (κ1) is 22.8. The zero-order valence-electron chi connectivity index (χ0n) is 17.5. The summed E-state index contributed by atoms with van der Waals surface area (Å²) in [5.74, 6) is -0.434. The molecule has 1 aliphatic rings. The van der Waals surface area contributed by atoms with Crippen LogP contribution >= 0.6 is 22.9 Å². The first-order valence-corrected chi connectivity index (χ1v) is 13.0. The Labute approximate surface area is 196 Å². The summed E-state index contributed by atoms with van der Waals surface area (Å²) in [6.45, 7) is 2.77. The van der Waals surface area contributed by atoms with E-state index < -0.39 is 15.9 Å². The van der Waals surface area contributed by atoms with E-state index in [4.69, 9.17) is 11.6 Å². The molecule has 2 aromatic carbocycles. The number of carbonyl (C=O) groups excluding carboxylic acids is 1. The number of anilines is 1. The van der Waals surface area contributed by atoms with Crippen LogP contribution in [-0.2, 0) is 10.0 Å². The summed E-state index contributed by atoms with van der Waals surface area (Å²) in [5.41, 5.74) is 1.72. The Balaban J connectivity index is 1.54. The molecule has 1 amide bonds. The van der Waals surface area contributed by atoms with Crippen LogP contribution in [0.3, 0.4) is 0 Å². The van der Waals surface area contributed by atoms with E-state index >= 15 is 0 Å². The molecule has 0 spiro atoms. The van der Waals surface area contributed by atoms with Crippen LogP contribution in [-0.4, -0.2) is 41.9 Å². The van der Waals surface area contributed by atoms with Gasteiger partial charge in [0.25, 0.3) is 5.91 Å².